The average molecular weight is 471 g/mol. The molecule has 3 aromatic heterocycles. The number of hydrogen-bond acceptors (Lipinski definition) is 7. The van der Waals surface area contributed by atoms with E-state index < -0.39 is 23.7 Å². The van der Waals surface area contributed by atoms with Crippen molar-refractivity contribution in [2.24, 2.45) is 10.7 Å². The van der Waals surface area contributed by atoms with Gasteiger partial charge in [-0.3, -0.25) is 9.98 Å². The van der Waals surface area contributed by atoms with Crippen LogP contribution >= 0.6 is 0 Å². The van der Waals surface area contributed by atoms with Gasteiger partial charge in [0.25, 0.3) is 5.95 Å². The van der Waals surface area contributed by atoms with Crippen molar-refractivity contribution >= 4 is 6.21 Å². The molecule has 0 bridgehead atoms. The maximum Gasteiger partial charge on any atom is 0.256 e. The molecule has 7 nitrogen and oxygen atoms in total. The van der Waals surface area contributed by atoms with Gasteiger partial charge in [0.05, 0.1) is 12.2 Å². The van der Waals surface area contributed by atoms with Gasteiger partial charge in [0.2, 0.25) is 5.95 Å². The third-order valence-electron chi connectivity index (χ3n) is 6.08. The SMILES string of the molecule is Cc1cc(-c2cc3c(c(F)n2)Oc2ccc(-c4cccnc4F)cc2[C@@]32C=NCC(N)O2)ccn1. The largest absolute Gasteiger partial charge is 0.452 e. The number of aliphatic imine (C=N–C) groups is 1. The standard InChI is InChI=1S/C26H19F2N5O2/c1-14-9-16(6-8-31-14)20-11-19-23(25(28)33-20)34-21-5-4-15(17-3-2-7-32-24(17)27)10-18(21)26(19)13-30-12-22(29)35-26/h2-11,13,22H,12,29H2,1H3/t22?,26-/m0/s1. The fourth-order valence-corrected chi connectivity index (χ4v) is 4.52. The topological polar surface area (TPSA) is 95.5 Å². The van der Waals surface area contributed by atoms with E-state index in [-0.39, 0.29) is 12.3 Å². The van der Waals surface area contributed by atoms with Crippen LogP contribution in [0.15, 0.2) is 65.9 Å². The highest BCUT2D eigenvalue weighted by Crippen LogP contribution is 2.51. The lowest BCUT2D eigenvalue weighted by atomic mass is 9.82. The van der Waals surface area contributed by atoms with Crippen LogP contribution in [0.3, 0.4) is 0 Å². The van der Waals surface area contributed by atoms with E-state index in [1.165, 1.54) is 6.20 Å². The predicted molar refractivity (Wildman–Crippen MR) is 125 cm³/mol. The van der Waals surface area contributed by atoms with Gasteiger partial charge in [0.1, 0.15) is 12.0 Å². The van der Waals surface area contributed by atoms with Gasteiger partial charge in [0.15, 0.2) is 11.4 Å². The van der Waals surface area contributed by atoms with E-state index >= 15 is 4.39 Å². The fraction of sp³-hybridized carbons (Fsp3) is 0.154. The molecule has 1 spiro atoms. The molecule has 1 unspecified atom stereocenters. The average Bonchev–Trinajstić information content (AvgIpc) is 2.85. The second-order valence-electron chi connectivity index (χ2n) is 8.40. The lowest BCUT2D eigenvalue weighted by molar-refractivity contribution is -0.0317. The number of benzene rings is 1. The number of nitrogens with zero attached hydrogens (tertiary/aromatic N) is 4. The molecule has 4 aromatic rings. The van der Waals surface area contributed by atoms with Crippen molar-refractivity contribution in [1.29, 1.82) is 0 Å². The van der Waals surface area contributed by atoms with Gasteiger partial charge >= 0.3 is 0 Å². The molecule has 174 valence electrons. The molecular formula is C26H19F2N5O2. The number of hydrogen-bond donors (Lipinski definition) is 1. The summed E-state index contributed by atoms with van der Waals surface area (Å²) in [5.74, 6) is -1.15. The molecule has 1 aromatic carbocycles. The molecule has 2 N–H and O–H groups in total. The molecule has 0 fully saturated rings. The number of nitrogens with two attached hydrogens (primary N) is 1. The Morgan fingerprint density at radius 1 is 0.971 bits per heavy atom. The molecule has 2 aliphatic heterocycles. The first-order chi connectivity index (χ1) is 16.9. The van der Waals surface area contributed by atoms with E-state index in [0.29, 0.717) is 39.3 Å². The van der Waals surface area contributed by atoms with Crippen molar-refractivity contribution < 1.29 is 18.3 Å². The zero-order valence-electron chi connectivity index (χ0n) is 18.6. The second kappa shape index (κ2) is 8.00. The van der Waals surface area contributed by atoms with E-state index in [1.807, 2.05) is 13.0 Å². The van der Waals surface area contributed by atoms with Gasteiger partial charge < -0.3 is 15.2 Å². The van der Waals surface area contributed by atoms with Crippen LogP contribution < -0.4 is 10.5 Å². The normalized spacial score (nSPS) is 20.3. The third-order valence-corrected chi connectivity index (χ3v) is 6.08. The first kappa shape index (κ1) is 21.5. The Balaban J connectivity index is 1.60. The van der Waals surface area contributed by atoms with Crippen molar-refractivity contribution in [3.63, 3.8) is 0 Å². The quantitative estimate of drug-likeness (QED) is 0.432. The Kier molecular flexibility index (Phi) is 4.91. The van der Waals surface area contributed by atoms with Crippen molar-refractivity contribution in [1.82, 2.24) is 15.0 Å². The van der Waals surface area contributed by atoms with Gasteiger partial charge in [-0.1, -0.05) is 6.07 Å². The summed E-state index contributed by atoms with van der Waals surface area (Å²) in [5, 5.41) is 0. The number of ether oxygens (including phenoxy) is 2. The molecule has 0 aliphatic carbocycles. The number of aromatic nitrogens is 3. The summed E-state index contributed by atoms with van der Waals surface area (Å²) < 4.78 is 42.1. The lowest BCUT2D eigenvalue weighted by Crippen LogP contribution is -2.46. The van der Waals surface area contributed by atoms with E-state index in [0.717, 1.165) is 5.69 Å². The Hall–Kier alpha value is -4.08. The van der Waals surface area contributed by atoms with Gasteiger partial charge in [-0.25, -0.2) is 9.97 Å². The molecule has 9 heteroatoms. The highest BCUT2D eigenvalue weighted by atomic mass is 19.1. The molecule has 2 atom stereocenters. The van der Waals surface area contributed by atoms with Crippen molar-refractivity contribution in [3.05, 3.63) is 89.6 Å². The molecule has 5 heterocycles. The smallest absolute Gasteiger partial charge is 0.256 e. The molecule has 35 heavy (non-hydrogen) atoms. The Morgan fingerprint density at radius 2 is 1.86 bits per heavy atom. The zero-order chi connectivity index (χ0) is 24.2. The Labute approximate surface area is 199 Å². The predicted octanol–water partition coefficient (Wildman–Crippen LogP) is 4.53. The van der Waals surface area contributed by atoms with Crippen molar-refractivity contribution in [2.45, 2.75) is 18.8 Å². The molecular weight excluding hydrogens is 452 g/mol. The van der Waals surface area contributed by atoms with Crippen LogP contribution in [-0.4, -0.2) is 33.9 Å². The summed E-state index contributed by atoms with van der Waals surface area (Å²) in [6.07, 6.45) is 3.86. The Bertz CT molecular complexity index is 1510. The highest BCUT2D eigenvalue weighted by Gasteiger charge is 2.47. The van der Waals surface area contributed by atoms with Crippen LogP contribution in [0.1, 0.15) is 16.8 Å². The molecule has 2 aliphatic rings. The minimum atomic E-state index is -1.37. The van der Waals surface area contributed by atoms with E-state index in [4.69, 9.17) is 15.2 Å². The fourth-order valence-electron chi connectivity index (χ4n) is 4.52. The number of halogens is 2. The maximum atomic E-state index is 15.4. The molecule has 0 saturated carbocycles. The van der Waals surface area contributed by atoms with Crippen molar-refractivity contribution in [2.75, 3.05) is 6.54 Å². The van der Waals surface area contributed by atoms with E-state index in [9.17, 15) is 4.39 Å². The molecule has 6 rings (SSSR count). The zero-order valence-corrected chi connectivity index (χ0v) is 18.6. The highest BCUT2D eigenvalue weighted by molar-refractivity contribution is 5.84. The summed E-state index contributed by atoms with van der Waals surface area (Å²) in [7, 11) is 0. The number of rotatable bonds is 2. The summed E-state index contributed by atoms with van der Waals surface area (Å²) in [5.41, 5.74) is 8.38. The summed E-state index contributed by atoms with van der Waals surface area (Å²) in [6, 6.07) is 13.6. The lowest BCUT2D eigenvalue weighted by Gasteiger charge is -2.40. The van der Waals surface area contributed by atoms with Gasteiger partial charge in [-0.05, 0) is 55.0 Å². The molecule has 0 saturated heterocycles. The van der Waals surface area contributed by atoms with Crippen LogP contribution in [0, 0.1) is 18.8 Å². The van der Waals surface area contributed by atoms with E-state index in [1.54, 1.807) is 54.9 Å². The van der Waals surface area contributed by atoms with Crippen LogP contribution in [0.2, 0.25) is 0 Å². The first-order valence-corrected chi connectivity index (χ1v) is 11.0. The van der Waals surface area contributed by atoms with Crippen LogP contribution in [0.5, 0.6) is 11.5 Å². The number of pyridine rings is 3. The minimum Gasteiger partial charge on any atom is -0.452 e. The number of fused-ring (bicyclic) bond motifs is 4. The maximum absolute atomic E-state index is 15.4. The first-order valence-electron chi connectivity index (χ1n) is 11.0. The molecule has 0 amide bonds. The van der Waals surface area contributed by atoms with Gasteiger partial charge in [0, 0.05) is 46.6 Å². The summed E-state index contributed by atoms with van der Waals surface area (Å²) in [4.78, 5) is 16.5. The van der Waals surface area contributed by atoms with Crippen LogP contribution in [0.4, 0.5) is 8.78 Å². The summed E-state index contributed by atoms with van der Waals surface area (Å²) in [6.45, 7) is 2.09. The second-order valence-corrected chi connectivity index (χ2v) is 8.40. The number of aryl methyl sites for hydroxylation is 1. The summed E-state index contributed by atoms with van der Waals surface area (Å²) >= 11 is 0. The Morgan fingerprint density at radius 3 is 2.66 bits per heavy atom. The van der Waals surface area contributed by atoms with Crippen LogP contribution in [0.25, 0.3) is 22.4 Å². The third kappa shape index (κ3) is 3.48. The van der Waals surface area contributed by atoms with Gasteiger partial charge in [-0.2, -0.15) is 8.78 Å². The van der Waals surface area contributed by atoms with E-state index in [2.05, 4.69) is 19.9 Å². The molecule has 0 radical (unpaired) electrons. The van der Waals surface area contributed by atoms with Crippen LogP contribution in [-0.2, 0) is 10.3 Å². The van der Waals surface area contributed by atoms with Crippen molar-refractivity contribution in [3.8, 4) is 33.9 Å². The minimum absolute atomic E-state index is 0.0760. The van der Waals surface area contributed by atoms with Gasteiger partial charge in [-0.15, -0.1) is 0 Å². The monoisotopic (exact) mass is 471 g/mol.